The van der Waals surface area contributed by atoms with E-state index in [2.05, 4.69) is 14.9 Å². The number of hydrogen-bond donors (Lipinski definition) is 2. The monoisotopic (exact) mass is 298 g/mol. The Labute approximate surface area is 115 Å². The van der Waals surface area contributed by atoms with Crippen LogP contribution in [0.4, 0.5) is 11.5 Å². The minimum atomic E-state index is -3.75. The van der Waals surface area contributed by atoms with Crippen molar-refractivity contribution in [3.05, 3.63) is 41.0 Å². The van der Waals surface area contributed by atoms with Crippen molar-refractivity contribution in [1.29, 1.82) is 0 Å². The third-order valence-electron chi connectivity index (χ3n) is 2.25. The van der Waals surface area contributed by atoms with Crippen molar-refractivity contribution in [2.75, 3.05) is 10.5 Å². The van der Waals surface area contributed by atoms with Crippen LogP contribution in [0.2, 0.25) is 5.15 Å². The third-order valence-corrected chi connectivity index (χ3v) is 3.79. The van der Waals surface area contributed by atoms with Crippen LogP contribution in [-0.2, 0) is 10.0 Å². The summed E-state index contributed by atoms with van der Waals surface area (Å²) in [6.07, 6.45) is 0. The Kier molecular flexibility index (Phi) is 3.59. The smallest absolute Gasteiger partial charge is 0.263 e. The molecule has 0 radical (unpaired) electrons. The summed E-state index contributed by atoms with van der Waals surface area (Å²) in [5.41, 5.74) is 6.76. The molecular formula is C11H11ClN4O2S. The van der Waals surface area contributed by atoms with E-state index in [1.54, 1.807) is 13.0 Å². The molecule has 6 nitrogen and oxygen atoms in total. The predicted octanol–water partition coefficient (Wildman–Crippen LogP) is 1.82. The SMILES string of the molecule is Cc1cc(N)cc(S(=O)(=O)Nc2ccc(Cl)nn2)c1. The van der Waals surface area contributed by atoms with E-state index in [1.165, 1.54) is 24.3 Å². The van der Waals surface area contributed by atoms with Crippen LogP contribution in [0.5, 0.6) is 0 Å². The first-order valence-electron chi connectivity index (χ1n) is 5.26. The fourth-order valence-electron chi connectivity index (χ4n) is 1.50. The van der Waals surface area contributed by atoms with Crippen molar-refractivity contribution < 1.29 is 8.42 Å². The first-order valence-corrected chi connectivity index (χ1v) is 7.12. The molecule has 0 amide bonds. The minimum Gasteiger partial charge on any atom is -0.399 e. The Balaban J connectivity index is 2.34. The van der Waals surface area contributed by atoms with Gasteiger partial charge in [-0.2, -0.15) is 0 Å². The molecule has 0 aliphatic heterocycles. The summed E-state index contributed by atoms with van der Waals surface area (Å²) in [4.78, 5) is 0.0711. The highest BCUT2D eigenvalue weighted by Gasteiger charge is 2.16. The molecule has 1 aromatic carbocycles. The van der Waals surface area contributed by atoms with E-state index >= 15 is 0 Å². The summed E-state index contributed by atoms with van der Waals surface area (Å²) in [6, 6.07) is 7.44. The van der Waals surface area contributed by atoms with Gasteiger partial charge in [-0.3, -0.25) is 4.72 Å². The van der Waals surface area contributed by atoms with Crippen LogP contribution in [0.3, 0.4) is 0 Å². The highest BCUT2D eigenvalue weighted by Crippen LogP contribution is 2.19. The topological polar surface area (TPSA) is 98.0 Å². The van der Waals surface area contributed by atoms with Gasteiger partial charge in [-0.15, -0.1) is 10.2 Å². The van der Waals surface area contributed by atoms with Gasteiger partial charge in [-0.1, -0.05) is 11.6 Å². The molecule has 2 rings (SSSR count). The second-order valence-corrected chi connectivity index (χ2v) is 6.00. The van der Waals surface area contributed by atoms with Gasteiger partial charge in [-0.05, 0) is 42.8 Å². The number of nitrogens with one attached hydrogen (secondary N) is 1. The Morgan fingerprint density at radius 3 is 2.53 bits per heavy atom. The van der Waals surface area contributed by atoms with Crippen molar-refractivity contribution in [2.24, 2.45) is 0 Å². The molecule has 0 spiro atoms. The number of nitrogens with two attached hydrogens (primary N) is 1. The zero-order valence-electron chi connectivity index (χ0n) is 9.96. The molecule has 100 valence electrons. The molecule has 0 unspecified atom stereocenters. The average Bonchev–Trinajstić information content (AvgIpc) is 2.31. The Bertz CT molecular complexity index is 681. The highest BCUT2D eigenvalue weighted by molar-refractivity contribution is 7.92. The second-order valence-electron chi connectivity index (χ2n) is 3.93. The molecule has 1 heterocycles. The van der Waals surface area contributed by atoms with Gasteiger partial charge >= 0.3 is 0 Å². The molecule has 0 aliphatic rings. The number of sulfonamides is 1. The Morgan fingerprint density at radius 1 is 1.21 bits per heavy atom. The van der Waals surface area contributed by atoms with Gasteiger partial charge in [-0.25, -0.2) is 8.42 Å². The van der Waals surface area contributed by atoms with Gasteiger partial charge in [0.25, 0.3) is 10.0 Å². The van der Waals surface area contributed by atoms with Crippen molar-refractivity contribution >= 4 is 33.1 Å². The van der Waals surface area contributed by atoms with Crippen LogP contribution in [0.1, 0.15) is 5.56 Å². The molecule has 0 saturated carbocycles. The van der Waals surface area contributed by atoms with E-state index in [0.717, 1.165) is 5.56 Å². The van der Waals surface area contributed by atoms with Crippen LogP contribution >= 0.6 is 11.6 Å². The largest absolute Gasteiger partial charge is 0.399 e. The van der Waals surface area contributed by atoms with Crippen molar-refractivity contribution in [2.45, 2.75) is 11.8 Å². The van der Waals surface area contributed by atoms with Crippen molar-refractivity contribution in [3.63, 3.8) is 0 Å². The zero-order chi connectivity index (χ0) is 14.0. The highest BCUT2D eigenvalue weighted by atomic mass is 35.5. The van der Waals surface area contributed by atoms with Gasteiger partial charge in [0.05, 0.1) is 4.90 Å². The fraction of sp³-hybridized carbons (Fsp3) is 0.0909. The van der Waals surface area contributed by atoms with Crippen LogP contribution in [0.25, 0.3) is 0 Å². The summed E-state index contributed by atoms with van der Waals surface area (Å²) in [5, 5.41) is 7.37. The first kappa shape index (κ1) is 13.6. The minimum absolute atomic E-state index is 0.0711. The number of aryl methyl sites for hydroxylation is 1. The maximum absolute atomic E-state index is 12.1. The summed E-state index contributed by atoms with van der Waals surface area (Å²) in [5.74, 6) is 0.0875. The van der Waals surface area contributed by atoms with Crippen molar-refractivity contribution in [3.8, 4) is 0 Å². The van der Waals surface area contributed by atoms with Gasteiger partial charge in [0.2, 0.25) is 0 Å². The lowest BCUT2D eigenvalue weighted by atomic mass is 10.2. The maximum Gasteiger partial charge on any atom is 0.263 e. The molecule has 0 atom stereocenters. The fourth-order valence-corrected chi connectivity index (χ4v) is 2.73. The molecule has 0 aliphatic carbocycles. The number of aromatic nitrogens is 2. The maximum atomic E-state index is 12.1. The quantitative estimate of drug-likeness (QED) is 0.842. The molecule has 0 fully saturated rings. The molecule has 8 heteroatoms. The van der Waals surface area contributed by atoms with Gasteiger partial charge < -0.3 is 5.73 Å². The van der Waals surface area contributed by atoms with E-state index in [0.29, 0.717) is 5.69 Å². The number of nitrogen functional groups attached to an aromatic ring is 1. The van der Waals surface area contributed by atoms with E-state index in [9.17, 15) is 8.42 Å². The zero-order valence-corrected chi connectivity index (χ0v) is 11.5. The molecule has 1 aromatic heterocycles. The normalized spacial score (nSPS) is 11.3. The lowest BCUT2D eigenvalue weighted by Crippen LogP contribution is -2.14. The second kappa shape index (κ2) is 5.02. The first-order chi connectivity index (χ1) is 8.87. The average molecular weight is 299 g/mol. The van der Waals surface area contributed by atoms with E-state index in [4.69, 9.17) is 17.3 Å². The number of hydrogen-bond acceptors (Lipinski definition) is 5. The molecule has 0 saturated heterocycles. The standard InChI is InChI=1S/C11H11ClN4O2S/c1-7-4-8(13)6-9(5-7)19(17,18)16-11-3-2-10(12)14-15-11/h2-6H,13H2,1H3,(H,15,16). The summed E-state index contributed by atoms with van der Waals surface area (Å²) < 4.78 is 26.5. The van der Waals surface area contributed by atoms with Gasteiger partial charge in [0, 0.05) is 5.69 Å². The lowest BCUT2D eigenvalue weighted by molar-refractivity contribution is 0.601. The molecule has 3 N–H and O–H groups in total. The number of nitrogens with zero attached hydrogens (tertiary/aromatic N) is 2. The summed E-state index contributed by atoms with van der Waals surface area (Å²) in [6.45, 7) is 1.76. The number of rotatable bonds is 3. The third kappa shape index (κ3) is 3.33. The Morgan fingerprint density at radius 2 is 1.95 bits per heavy atom. The van der Waals surface area contributed by atoms with E-state index in [1.807, 2.05) is 0 Å². The number of anilines is 2. The predicted molar refractivity (Wildman–Crippen MR) is 73.4 cm³/mol. The van der Waals surface area contributed by atoms with E-state index < -0.39 is 10.0 Å². The van der Waals surface area contributed by atoms with Gasteiger partial charge in [0.1, 0.15) is 0 Å². The number of halogens is 1. The Hall–Kier alpha value is -1.86. The van der Waals surface area contributed by atoms with Crippen LogP contribution in [0.15, 0.2) is 35.2 Å². The van der Waals surface area contributed by atoms with Crippen molar-refractivity contribution in [1.82, 2.24) is 10.2 Å². The van der Waals surface area contributed by atoms with Crippen LogP contribution in [0, 0.1) is 6.92 Å². The van der Waals surface area contributed by atoms with Crippen LogP contribution in [-0.4, -0.2) is 18.6 Å². The summed E-state index contributed by atoms with van der Waals surface area (Å²) in [7, 11) is -3.75. The lowest BCUT2D eigenvalue weighted by Gasteiger charge is -2.08. The molecule has 19 heavy (non-hydrogen) atoms. The van der Waals surface area contributed by atoms with Gasteiger partial charge in [0.15, 0.2) is 11.0 Å². The number of benzene rings is 1. The molecule has 2 aromatic rings. The van der Waals surface area contributed by atoms with E-state index in [-0.39, 0.29) is 15.9 Å². The van der Waals surface area contributed by atoms with Crippen LogP contribution < -0.4 is 10.5 Å². The summed E-state index contributed by atoms with van der Waals surface area (Å²) >= 11 is 5.57. The molecule has 0 bridgehead atoms. The molecular weight excluding hydrogens is 288 g/mol.